The lowest BCUT2D eigenvalue weighted by molar-refractivity contribution is 0.0648. The highest BCUT2D eigenvalue weighted by Gasteiger charge is 2.54. The van der Waals surface area contributed by atoms with Crippen molar-refractivity contribution in [3.8, 4) is 0 Å². The van der Waals surface area contributed by atoms with Gasteiger partial charge >= 0.3 is 0 Å². The second-order valence-corrected chi connectivity index (χ2v) is 10.9. The molecule has 206 valence electrons. The number of amides is 1. The third-order valence-electron chi connectivity index (χ3n) is 8.49. The van der Waals surface area contributed by atoms with Gasteiger partial charge in [0, 0.05) is 36.0 Å². The van der Waals surface area contributed by atoms with Gasteiger partial charge in [-0.15, -0.1) is 0 Å². The predicted octanol–water partition coefficient (Wildman–Crippen LogP) is 5.21. The fourth-order valence-corrected chi connectivity index (χ4v) is 5.67. The number of aromatic nitrogens is 1. The summed E-state index contributed by atoms with van der Waals surface area (Å²) in [6, 6.07) is 3.70. The molecule has 2 N–H and O–H groups in total. The largest absolute Gasteiger partial charge is 0.381 e. The van der Waals surface area contributed by atoms with E-state index in [-0.39, 0.29) is 41.2 Å². The minimum Gasteiger partial charge on any atom is -0.381 e. The maximum absolute atomic E-state index is 14.7. The van der Waals surface area contributed by atoms with Gasteiger partial charge in [-0.05, 0) is 52.5 Å². The van der Waals surface area contributed by atoms with Crippen LogP contribution in [0.25, 0.3) is 0 Å². The zero-order valence-corrected chi connectivity index (χ0v) is 21.2. The first-order chi connectivity index (χ1) is 18.0. The first kappa shape index (κ1) is 26.6. The summed E-state index contributed by atoms with van der Waals surface area (Å²) >= 11 is 0. The van der Waals surface area contributed by atoms with Crippen LogP contribution in [0.15, 0.2) is 35.3 Å². The molecule has 0 bridgehead atoms. The standard InChI is InChI=1S/C27H31F5N4O2/c1-15(17-4-3-5-18(22(17)28)23(29)30)33-24(38)19-14-36(27(9-10-27)25(31)32)21(37)12-20(19)34-16-6-11-35(2)26(13-16)7-8-26/h3-5,12,14-16,23,25,34H,6-11,13H2,1-2H3,(H,33,38)/t15-,16+/m1/s1. The maximum Gasteiger partial charge on any atom is 0.266 e. The summed E-state index contributed by atoms with van der Waals surface area (Å²) in [7, 11) is 2.08. The Bertz CT molecular complexity index is 1290. The van der Waals surface area contributed by atoms with Crippen molar-refractivity contribution in [1.29, 1.82) is 0 Å². The zero-order chi connectivity index (χ0) is 27.4. The number of alkyl halides is 4. The van der Waals surface area contributed by atoms with Crippen LogP contribution in [0, 0.1) is 5.82 Å². The minimum atomic E-state index is -3.02. The van der Waals surface area contributed by atoms with Crippen molar-refractivity contribution in [2.75, 3.05) is 18.9 Å². The van der Waals surface area contributed by atoms with E-state index < -0.39 is 47.3 Å². The number of likely N-dealkylation sites (tertiary alicyclic amines) is 1. The quantitative estimate of drug-likeness (QED) is 0.453. The molecule has 3 aliphatic rings. The summed E-state index contributed by atoms with van der Waals surface area (Å²) in [4.78, 5) is 28.7. The molecule has 1 amide bonds. The molecule has 1 aromatic heterocycles. The molecule has 2 atom stereocenters. The van der Waals surface area contributed by atoms with Gasteiger partial charge < -0.3 is 20.1 Å². The van der Waals surface area contributed by atoms with Gasteiger partial charge in [0.05, 0.1) is 22.9 Å². The smallest absolute Gasteiger partial charge is 0.266 e. The number of carbonyl (C=O) groups excluding carboxylic acids is 1. The first-order valence-electron chi connectivity index (χ1n) is 12.9. The van der Waals surface area contributed by atoms with Gasteiger partial charge in [0.25, 0.3) is 24.3 Å². The number of nitrogens with one attached hydrogen (secondary N) is 2. The summed E-state index contributed by atoms with van der Waals surface area (Å²) in [5, 5.41) is 5.91. The molecule has 1 spiro atoms. The third kappa shape index (κ3) is 4.69. The molecule has 0 radical (unpaired) electrons. The highest BCUT2D eigenvalue weighted by atomic mass is 19.3. The monoisotopic (exact) mass is 538 g/mol. The Morgan fingerprint density at radius 2 is 1.79 bits per heavy atom. The number of halogens is 5. The van der Waals surface area contributed by atoms with Crippen LogP contribution >= 0.6 is 0 Å². The molecule has 2 heterocycles. The van der Waals surface area contributed by atoms with E-state index in [0.717, 1.165) is 49.1 Å². The van der Waals surface area contributed by atoms with Gasteiger partial charge in [0.15, 0.2) is 0 Å². The van der Waals surface area contributed by atoms with Crippen molar-refractivity contribution in [1.82, 2.24) is 14.8 Å². The number of benzene rings is 1. The number of piperidine rings is 1. The van der Waals surface area contributed by atoms with E-state index in [1.54, 1.807) is 0 Å². The summed E-state index contributed by atoms with van der Waals surface area (Å²) in [6.07, 6.45) is -0.727. The van der Waals surface area contributed by atoms with Gasteiger partial charge in [-0.25, -0.2) is 22.0 Å². The van der Waals surface area contributed by atoms with E-state index in [4.69, 9.17) is 0 Å². The third-order valence-corrected chi connectivity index (χ3v) is 8.49. The molecule has 1 aromatic carbocycles. The average molecular weight is 539 g/mol. The number of hydrogen-bond donors (Lipinski definition) is 2. The van der Waals surface area contributed by atoms with Crippen LogP contribution in [0.5, 0.6) is 0 Å². The van der Waals surface area contributed by atoms with E-state index in [9.17, 15) is 31.5 Å². The van der Waals surface area contributed by atoms with E-state index in [1.165, 1.54) is 25.1 Å². The topological polar surface area (TPSA) is 66.4 Å². The molecular weight excluding hydrogens is 507 g/mol. The molecule has 1 aliphatic heterocycles. The Kier molecular flexibility index (Phi) is 6.77. The van der Waals surface area contributed by atoms with Crippen LogP contribution in [-0.2, 0) is 5.54 Å². The number of pyridine rings is 1. The second kappa shape index (κ2) is 9.66. The Morgan fingerprint density at radius 1 is 1.11 bits per heavy atom. The van der Waals surface area contributed by atoms with Crippen molar-refractivity contribution < 1.29 is 26.7 Å². The summed E-state index contributed by atoms with van der Waals surface area (Å²) < 4.78 is 69.8. The van der Waals surface area contributed by atoms with Crippen molar-refractivity contribution in [2.24, 2.45) is 0 Å². The molecular formula is C27H31F5N4O2. The molecule has 2 aromatic rings. The fourth-order valence-electron chi connectivity index (χ4n) is 5.67. The van der Waals surface area contributed by atoms with Crippen LogP contribution in [0.2, 0.25) is 0 Å². The fraction of sp³-hybridized carbons (Fsp3) is 0.556. The molecule has 0 unspecified atom stereocenters. The molecule has 38 heavy (non-hydrogen) atoms. The Labute approximate surface area is 217 Å². The molecule has 6 nitrogen and oxygen atoms in total. The summed E-state index contributed by atoms with van der Waals surface area (Å²) in [5.74, 6) is -1.84. The van der Waals surface area contributed by atoms with Crippen LogP contribution < -0.4 is 16.2 Å². The number of anilines is 1. The van der Waals surface area contributed by atoms with Crippen molar-refractivity contribution >= 4 is 11.6 Å². The van der Waals surface area contributed by atoms with Crippen LogP contribution in [-0.4, -0.2) is 47.0 Å². The Morgan fingerprint density at radius 3 is 2.39 bits per heavy atom. The molecule has 1 saturated heterocycles. The SMILES string of the molecule is C[C@@H](NC(=O)c1cn(C2(C(F)F)CC2)c(=O)cc1N[C@H]1CCN(C)C2(CC2)C1)c1cccc(C(F)F)c1F. The zero-order valence-electron chi connectivity index (χ0n) is 21.2. The van der Waals surface area contributed by atoms with E-state index in [0.29, 0.717) is 0 Å². The predicted molar refractivity (Wildman–Crippen MR) is 132 cm³/mol. The second-order valence-electron chi connectivity index (χ2n) is 10.9. The van der Waals surface area contributed by atoms with Gasteiger partial charge in [-0.2, -0.15) is 0 Å². The van der Waals surface area contributed by atoms with Gasteiger partial charge in [0.2, 0.25) is 0 Å². The molecule has 3 fully saturated rings. The number of nitrogens with zero attached hydrogens (tertiary/aromatic N) is 2. The highest BCUT2D eigenvalue weighted by molar-refractivity contribution is 5.99. The van der Waals surface area contributed by atoms with Gasteiger partial charge in [-0.1, -0.05) is 18.2 Å². The Balaban J connectivity index is 1.46. The summed E-state index contributed by atoms with van der Waals surface area (Å²) in [6.45, 7) is 2.28. The lowest BCUT2D eigenvalue weighted by Gasteiger charge is -2.38. The Hall–Kier alpha value is -2.95. The van der Waals surface area contributed by atoms with Gasteiger partial charge in [-0.3, -0.25) is 9.59 Å². The first-order valence-corrected chi connectivity index (χ1v) is 12.9. The number of rotatable bonds is 8. The summed E-state index contributed by atoms with van der Waals surface area (Å²) in [5.41, 5.74) is -2.91. The lowest BCUT2D eigenvalue weighted by atomic mass is 9.95. The normalized spacial score (nSPS) is 22.5. The van der Waals surface area contributed by atoms with E-state index in [1.807, 2.05) is 0 Å². The van der Waals surface area contributed by atoms with Crippen LogP contribution in [0.3, 0.4) is 0 Å². The average Bonchev–Trinajstić information content (AvgIpc) is 3.78. The molecule has 5 rings (SSSR count). The number of hydrogen-bond acceptors (Lipinski definition) is 4. The maximum atomic E-state index is 14.7. The van der Waals surface area contributed by atoms with Crippen molar-refractivity contribution in [2.45, 2.75) is 81.5 Å². The van der Waals surface area contributed by atoms with Crippen molar-refractivity contribution in [3.63, 3.8) is 0 Å². The molecule has 2 aliphatic carbocycles. The van der Waals surface area contributed by atoms with Gasteiger partial charge in [0.1, 0.15) is 11.4 Å². The molecule has 2 saturated carbocycles. The van der Waals surface area contributed by atoms with Crippen LogP contribution in [0.4, 0.5) is 27.6 Å². The van der Waals surface area contributed by atoms with Crippen molar-refractivity contribution in [3.05, 3.63) is 63.3 Å². The lowest BCUT2D eigenvalue weighted by Crippen LogP contribution is -2.46. The van der Waals surface area contributed by atoms with Crippen LogP contribution in [0.1, 0.15) is 79.4 Å². The van der Waals surface area contributed by atoms with E-state index in [2.05, 4.69) is 22.6 Å². The number of carbonyl (C=O) groups is 1. The minimum absolute atomic E-state index is 0.0296. The van der Waals surface area contributed by atoms with E-state index >= 15 is 0 Å². The molecule has 11 heteroatoms. The highest BCUT2D eigenvalue weighted by Crippen LogP contribution is 2.49.